The van der Waals surface area contributed by atoms with E-state index in [0.717, 1.165) is 31.7 Å². The summed E-state index contributed by atoms with van der Waals surface area (Å²) < 4.78 is 18.1. The van der Waals surface area contributed by atoms with Crippen molar-refractivity contribution in [2.75, 3.05) is 40.0 Å². The second kappa shape index (κ2) is 7.08. The number of ether oxygens (including phenoxy) is 1. The largest absolute Gasteiger partial charge is 0.495 e. The minimum Gasteiger partial charge on any atom is -0.495 e. The topological polar surface area (TPSA) is 24.5 Å². The van der Waals surface area contributed by atoms with E-state index in [2.05, 4.69) is 10.2 Å². The molecular formula is C14H20ClFN2O. The number of rotatable bonds is 5. The van der Waals surface area contributed by atoms with E-state index in [-0.39, 0.29) is 12.7 Å². The van der Waals surface area contributed by atoms with Gasteiger partial charge in [0, 0.05) is 32.2 Å². The first kappa shape index (κ1) is 14.6. The Morgan fingerprint density at radius 1 is 1.42 bits per heavy atom. The summed E-state index contributed by atoms with van der Waals surface area (Å²) in [5.41, 5.74) is 1.07. The molecule has 0 radical (unpaired) electrons. The molecule has 1 fully saturated rings. The molecule has 0 amide bonds. The fraction of sp³-hybridized carbons (Fsp3) is 0.571. The van der Waals surface area contributed by atoms with E-state index < -0.39 is 0 Å². The molecule has 5 heteroatoms. The van der Waals surface area contributed by atoms with E-state index in [4.69, 9.17) is 16.3 Å². The molecule has 1 atom stereocenters. The summed E-state index contributed by atoms with van der Waals surface area (Å²) in [5.74, 6) is 0.651. The Morgan fingerprint density at radius 2 is 2.16 bits per heavy atom. The van der Waals surface area contributed by atoms with Gasteiger partial charge in [0.05, 0.1) is 18.8 Å². The highest BCUT2D eigenvalue weighted by Gasteiger charge is 2.22. The van der Waals surface area contributed by atoms with Crippen molar-refractivity contribution in [3.8, 4) is 5.75 Å². The van der Waals surface area contributed by atoms with Gasteiger partial charge in [-0.05, 0) is 24.1 Å². The smallest absolute Gasteiger partial charge is 0.137 e. The molecule has 3 nitrogen and oxygen atoms in total. The van der Waals surface area contributed by atoms with Gasteiger partial charge in [-0.1, -0.05) is 17.7 Å². The van der Waals surface area contributed by atoms with E-state index in [0.29, 0.717) is 17.2 Å². The highest BCUT2D eigenvalue weighted by atomic mass is 35.5. The van der Waals surface area contributed by atoms with E-state index >= 15 is 0 Å². The number of nitrogens with zero attached hydrogens (tertiary/aromatic N) is 1. The maximum absolute atomic E-state index is 12.8. The standard InChI is InChI=1S/C14H20ClFN2O/c1-19-14-10-11(2-3-12(14)15)13(4-5-16)18-8-6-17-7-9-18/h2-3,10,13,17H,4-9H2,1H3/t13-/m1/s1. The van der Waals surface area contributed by atoms with Gasteiger partial charge in [-0.25, -0.2) is 0 Å². The predicted octanol–water partition coefficient (Wildman–Crippen LogP) is 2.65. The average molecular weight is 287 g/mol. The second-order valence-electron chi connectivity index (χ2n) is 4.67. The van der Waals surface area contributed by atoms with Crippen LogP contribution >= 0.6 is 11.6 Å². The number of halogens is 2. The Hall–Kier alpha value is -0.840. The Kier molecular flexibility index (Phi) is 5.43. The van der Waals surface area contributed by atoms with Crippen LogP contribution in [0, 0.1) is 0 Å². The Balaban J connectivity index is 2.22. The average Bonchev–Trinajstić information content (AvgIpc) is 2.46. The molecule has 0 saturated carbocycles. The van der Waals surface area contributed by atoms with Gasteiger partial charge in [0.2, 0.25) is 0 Å². The zero-order valence-corrected chi connectivity index (χ0v) is 11.9. The summed E-state index contributed by atoms with van der Waals surface area (Å²) >= 11 is 6.04. The molecular weight excluding hydrogens is 267 g/mol. The zero-order chi connectivity index (χ0) is 13.7. The lowest BCUT2D eigenvalue weighted by molar-refractivity contribution is 0.157. The van der Waals surface area contributed by atoms with Gasteiger partial charge >= 0.3 is 0 Å². The van der Waals surface area contributed by atoms with Crippen LogP contribution in [-0.2, 0) is 0 Å². The highest BCUT2D eigenvalue weighted by Crippen LogP contribution is 2.31. The Morgan fingerprint density at radius 3 is 2.79 bits per heavy atom. The van der Waals surface area contributed by atoms with Crippen molar-refractivity contribution >= 4 is 11.6 Å². The number of alkyl halides is 1. The van der Waals surface area contributed by atoms with Gasteiger partial charge in [0.25, 0.3) is 0 Å². The molecule has 0 bridgehead atoms. The molecule has 0 unspecified atom stereocenters. The minimum atomic E-state index is -0.320. The molecule has 0 spiro atoms. The molecule has 1 aliphatic heterocycles. The fourth-order valence-electron chi connectivity index (χ4n) is 2.54. The summed E-state index contributed by atoms with van der Waals surface area (Å²) in [5, 5.41) is 3.90. The van der Waals surface area contributed by atoms with Crippen molar-refractivity contribution in [1.82, 2.24) is 10.2 Å². The molecule has 19 heavy (non-hydrogen) atoms. The summed E-state index contributed by atoms with van der Waals surface area (Å²) in [7, 11) is 1.60. The lowest BCUT2D eigenvalue weighted by atomic mass is 10.0. The van der Waals surface area contributed by atoms with Gasteiger partial charge in [-0.15, -0.1) is 0 Å². The second-order valence-corrected chi connectivity index (χ2v) is 5.08. The minimum absolute atomic E-state index is 0.0956. The van der Waals surface area contributed by atoms with Crippen molar-refractivity contribution in [2.24, 2.45) is 0 Å². The van der Waals surface area contributed by atoms with Gasteiger partial charge in [-0.3, -0.25) is 9.29 Å². The molecule has 1 saturated heterocycles. The van der Waals surface area contributed by atoms with E-state index in [1.807, 2.05) is 18.2 Å². The van der Waals surface area contributed by atoms with Crippen LogP contribution in [0.25, 0.3) is 0 Å². The molecule has 106 valence electrons. The predicted molar refractivity (Wildman–Crippen MR) is 75.8 cm³/mol. The molecule has 1 N–H and O–H groups in total. The van der Waals surface area contributed by atoms with Gasteiger partial charge in [-0.2, -0.15) is 0 Å². The molecule has 1 heterocycles. The molecule has 0 aliphatic carbocycles. The number of hydrogen-bond acceptors (Lipinski definition) is 3. The lowest BCUT2D eigenvalue weighted by Gasteiger charge is -2.35. The number of methoxy groups -OCH3 is 1. The van der Waals surface area contributed by atoms with Crippen molar-refractivity contribution < 1.29 is 9.13 Å². The number of nitrogens with one attached hydrogen (secondary N) is 1. The maximum atomic E-state index is 12.8. The fourth-order valence-corrected chi connectivity index (χ4v) is 2.74. The maximum Gasteiger partial charge on any atom is 0.137 e. The summed E-state index contributed by atoms with van der Waals surface area (Å²) in [6.45, 7) is 3.46. The van der Waals surface area contributed by atoms with Crippen LogP contribution in [0.2, 0.25) is 5.02 Å². The molecule has 1 aromatic carbocycles. The normalized spacial score (nSPS) is 18.3. The molecule has 0 aromatic heterocycles. The third-order valence-electron chi connectivity index (χ3n) is 3.53. The summed E-state index contributed by atoms with van der Waals surface area (Å²) in [6.07, 6.45) is 0.505. The summed E-state index contributed by atoms with van der Waals surface area (Å²) in [4.78, 5) is 2.32. The van der Waals surface area contributed by atoms with Gasteiger partial charge < -0.3 is 10.1 Å². The van der Waals surface area contributed by atoms with Gasteiger partial charge in [0.15, 0.2) is 0 Å². The first-order chi connectivity index (χ1) is 9.26. The Bertz CT molecular complexity index is 410. The number of piperazine rings is 1. The monoisotopic (exact) mass is 286 g/mol. The molecule has 2 rings (SSSR count). The SMILES string of the molecule is COc1cc([C@@H](CCF)N2CCNCC2)ccc1Cl. The molecule has 1 aliphatic rings. The molecule has 1 aromatic rings. The van der Waals surface area contributed by atoms with Crippen molar-refractivity contribution in [3.63, 3.8) is 0 Å². The van der Waals surface area contributed by atoms with Gasteiger partial charge in [0.1, 0.15) is 5.75 Å². The van der Waals surface area contributed by atoms with E-state index in [1.54, 1.807) is 7.11 Å². The van der Waals surface area contributed by atoms with Crippen LogP contribution in [0.4, 0.5) is 4.39 Å². The van der Waals surface area contributed by atoms with Crippen LogP contribution < -0.4 is 10.1 Å². The van der Waals surface area contributed by atoms with E-state index in [1.165, 1.54) is 0 Å². The zero-order valence-electron chi connectivity index (χ0n) is 11.2. The summed E-state index contributed by atoms with van der Waals surface area (Å²) in [6, 6.07) is 5.81. The third-order valence-corrected chi connectivity index (χ3v) is 3.85. The lowest BCUT2D eigenvalue weighted by Crippen LogP contribution is -2.45. The van der Waals surface area contributed by atoms with Crippen molar-refractivity contribution in [2.45, 2.75) is 12.5 Å². The quantitative estimate of drug-likeness (QED) is 0.901. The van der Waals surface area contributed by atoms with Crippen LogP contribution in [0.5, 0.6) is 5.75 Å². The third kappa shape index (κ3) is 3.59. The van der Waals surface area contributed by atoms with Crippen LogP contribution in [0.1, 0.15) is 18.0 Å². The number of benzene rings is 1. The van der Waals surface area contributed by atoms with Crippen LogP contribution in [0.15, 0.2) is 18.2 Å². The highest BCUT2D eigenvalue weighted by molar-refractivity contribution is 6.32. The first-order valence-electron chi connectivity index (χ1n) is 6.60. The van der Waals surface area contributed by atoms with E-state index in [9.17, 15) is 4.39 Å². The van der Waals surface area contributed by atoms with Crippen molar-refractivity contribution in [3.05, 3.63) is 28.8 Å². The van der Waals surface area contributed by atoms with Crippen LogP contribution in [-0.4, -0.2) is 44.9 Å². The first-order valence-corrected chi connectivity index (χ1v) is 6.98. The van der Waals surface area contributed by atoms with Crippen molar-refractivity contribution in [1.29, 1.82) is 0 Å². The van der Waals surface area contributed by atoms with Crippen LogP contribution in [0.3, 0.4) is 0 Å². The number of hydrogen-bond donors (Lipinski definition) is 1. The Labute approximate surface area is 118 Å².